The van der Waals surface area contributed by atoms with E-state index in [9.17, 15) is 26.4 Å². The molecule has 2 N–H and O–H groups in total. The van der Waals surface area contributed by atoms with Crippen molar-refractivity contribution in [1.82, 2.24) is 10.3 Å². The number of carboxylic acid groups (broad SMARTS) is 1. The summed E-state index contributed by atoms with van der Waals surface area (Å²) in [6.07, 6.45) is -3.79. The molecule has 13 heteroatoms. The quantitative estimate of drug-likeness (QED) is 0.568. The van der Waals surface area contributed by atoms with E-state index in [0.29, 0.717) is 36.4 Å². The second-order valence-corrected chi connectivity index (χ2v) is 11.5. The molecule has 8 nitrogen and oxygen atoms in total. The van der Waals surface area contributed by atoms with Gasteiger partial charge in [-0.3, -0.25) is 0 Å². The average molecular weight is 532 g/mol. The van der Waals surface area contributed by atoms with Gasteiger partial charge in [0.15, 0.2) is 9.84 Å². The van der Waals surface area contributed by atoms with Crippen LogP contribution in [-0.4, -0.2) is 48.6 Å². The molecule has 190 valence electrons. The van der Waals surface area contributed by atoms with Crippen LogP contribution in [0.2, 0.25) is 0 Å². The number of sulfone groups is 1. The number of aromatic nitrogens is 1. The first-order chi connectivity index (χ1) is 16.3. The van der Waals surface area contributed by atoms with Crippen LogP contribution >= 0.6 is 11.3 Å². The lowest BCUT2D eigenvalue weighted by Crippen LogP contribution is -2.33. The summed E-state index contributed by atoms with van der Waals surface area (Å²) in [5.74, 6) is 0. The van der Waals surface area contributed by atoms with Crippen molar-refractivity contribution in [3.63, 3.8) is 0 Å². The Morgan fingerprint density at radius 2 is 2.03 bits per heavy atom. The fourth-order valence-corrected chi connectivity index (χ4v) is 6.60. The monoisotopic (exact) mass is 531 g/mol. The summed E-state index contributed by atoms with van der Waals surface area (Å²) in [6, 6.07) is 5.23. The van der Waals surface area contributed by atoms with E-state index >= 15 is 0 Å². The van der Waals surface area contributed by atoms with Gasteiger partial charge in [0, 0.05) is 23.7 Å². The van der Waals surface area contributed by atoms with Gasteiger partial charge in [-0.25, -0.2) is 18.2 Å². The van der Waals surface area contributed by atoms with Gasteiger partial charge in [-0.15, -0.1) is 11.3 Å². The summed E-state index contributed by atoms with van der Waals surface area (Å²) in [6.45, 7) is 1.75. The van der Waals surface area contributed by atoms with E-state index in [1.807, 2.05) is 6.07 Å². The van der Waals surface area contributed by atoms with Crippen LogP contribution < -0.4 is 5.32 Å². The number of nitrogens with zero attached hydrogens (tertiary/aromatic N) is 2. The van der Waals surface area contributed by atoms with Crippen LogP contribution in [0.15, 0.2) is 28.5 Å². The number of aryl methyl sites for hydroxylation is 1. The van der Waals surface area contributed by atoms with Gasteiger partial charge in [0.1, 0.15) is 10.5 Å². The molecule has 1 aromatic heterocycles. The van der Waals surface area contributed by atoms with E-state index in [-0.39, 0.29) is 18.1 Å². The molecule has 4 rings (SSSR count). The number of ether oxygens (including phenoxy) is 1. The molecule has 2 aliphatic rings. The van der Waals surface area contributed by atoms with Crippen LogP contribution in [0.4, 0.5) is 18.0 Å². The highest BCUT2D eigenvalue weighted by molar-refractivity contribution is 7.92. The first-order valence-corrected chi connectivity index (χ1v) is 13.1. The van der Waals surface area contributed by atoms with Crippen LogP contribution in [-0.2, 0) is 20.8 Å². The molecule has 0 saturated heterocycles. The number of nitriles is 1. The van der Waals surface area contributed by atoms with Gasteiger partial charge in [0.05, 0.1) is 27.9 Å². The normalized spacial score (nSPS) is 20.9. The second kappa shape index (κ2) is 10.1. The molecule has 2 aliphatic carbocycles. The minimum atomic E-state index is -4.77. The third-order valence-corrected chi connectivity index (χ3v) is 9.16. The number of amides is 1. The van der Waals surface area contributed by atoms with Crippen LogP contribution in [0, 0.1) is 18.3 Å². The Labute approximate surface area is 204 Å². The lowest BCUT2D eigenvalue weighted by atomic mass is 10.1. The highest BCUT2D eigenvalue weighted by Gasteiger charge is 2.45. The third-order valence-electron chi connectivity index (χ3n) is 5.88. The van der Waals surface area contributed by atoms with E-state index in [2.05, 4.69) is 10.3 Å². The van der Waals surface area contributed by atoms with E-state index in [1.54, 1.807) is 12.3 Å². The van der Waals surface area contributed by atoms with Crippen LogP contribution in [0.3, 0.4) is 0 Å². The highest BCUT2D eigenvalue weighted by atomic mass is 32.2. The maximum Gasteiger partial charge on any atom is 0.417 e. The number of hydrogen-bond donors (Lipinski definition) is 2. The Kier molecular flexibility index (Phi) is 7.78. The topological polar surface area (TPSA) is 129 Å². The molecule has 1 heterocycles. The SMILES string of the molecule is CO[C@H]1CC[C@H](S(=O)(=O)c2ccc(-c3nc(C)cs3)cc2C(F)(F)F)C1.N#CC1(NC(=O)O)CC1. The number of rotatable bonds is 5. The molecule has 2 atom stereocenters. The summed E-state index contributed by atoms with van der Waals surface area (Å²) in [5.41, 5.74) is -0.905. The van der Waals surface area contributed by atoms with Gasteiger partial charge < -0.3 is 15.2 Å². The zero-order valence-corrected chi connectivity index (χ0v) is 20.6. The van der Waals surface area contributed by atoms with Gasteiger partial charge in [-0.05, 0) is 51.2 Å². The Morgan fingerprint density at radius 3 is 2.46 bits per heavy atom. The molecular weight excluding hydrogens is 507 g/mol. The Morgan fingerprint density at radius 1 is 1.34 bits per heavy atom. The minimum absolute atomic E-state index is 0.212. The number of thiazole rings is 1. The summed E-state index contributed by atoms with van der Waals surface area (Å²) in [5, 5.41) is 19.9. The number of nitrogens with one attached hydrogen (secondary N) is 1. The highest BCUT2D eigenvalue weighted by Crippen LogP contribution is 2.41. The zero-order chi connectivity index (χ0) is 26.0. The molecule has 0 radical (unpaired) electrons. The van der Waals surface area contributed by atoms with Crippen LogP contribution in [0.25, 0.3) is 10.6 Å². The molecule has 35 heavy (non-hydrogen) atoms. The molecular formula is C22H24F3N3O5S2. The zero-order valence-electron chi connectivity index (χ0n) is 18.9. The molecule has 0 unspecified atom stereocenters. The average Bonchev–Trinajstić information content (AvgIpc) is 3.18. The summed E-state index contributed by atoms with van der Waals surface area (Å²) in [7, 11) is -2.63. The summed E-state index contributed by atoms with van der Waals surface area (Å²) >= 11 is 1.22. The number of halogens is 3. The smallest absolute Gasteiger partial charge is 0.417 e. The largest absolute Gasteiger partial charge is 0.465 e. The molecule has 2 saturated carbocycles. The van der Waals surface area contributed by atoms with Crippen molar-refractivity contribution < 1.29 is 36.2 Å². The van der Waals surface area contributed by atoms with Gasteiger partial charge in [-0.1, -0.05) is 6.07 Å². The molecule has 0 bridgehead atoms. The third kappa shape index (κ3) is 6.31. The van der Waals surface area contributed by atoms with Gasteiger partial charge >= 0.3 is 12.3 Å². The van der Waals surface area contributed by atoms with Crippen LogP contribution in [0.5, 0.6) is 0 Å². The number of methoxy groups -OCH3 is 1. The van der Waals surface area contributed by atoms with Gasteiger partial charge in [0.2, 0.25) is 0 Å². The first kappa shape index (κ1) is 26.9. The van der Waals surface area contributed by atoms with Crippen molar-refractivity contribution in [2.24, 2.45) is 0 Å². The fraction of sp³-hybridized carbons (Fsp3) is 0.500. The number of carbonyl (C=O) groups is 1. The number of hydrogen-bond acceptors (Lipinski definition) is 7. The summed E-state index contributed by atoms with van der Waals surface area (Å²) in [4.78, 5) is 13.5. The van der Waals surface area contributed by atoms with Crippen molar-refractivity contribution in [3.8, 4) is 16.6 Å². The van der Waals surface area contributed by atoms with Crippen molar-refractivity contribution in [1.29, 1.82) is 5.26 Å². The maximum atomic E-state index is 13.6. The van der Waals surface area contributed by atoms with Crippen molar-refractivity contribution in [3.05, 3.63) is 34.8 Å². The van der Waals surface area contributed by atoms with E-state index in [1.165, 1.54) is 24.5 Å². The lowest BCUT2D eigenvalue weighted by Gasteiger charge is -2.18. The minimum Gasteiger partial charge on any atom is -0.465 e. The van der Waals surface area contributed by atoms with Crippen molar-refractivity contribution in [2.75, 3.05) is 7.11 Å². The maximum absolute atomic E-state index is 13.6. The Balaban J connectivity index is 0.000000320. The predicted octanol–water partition coefficient (Wildman–Crippen LogP) is 4.79. The van der Waals surface area contributed by atoms with Crippen molar-refractivity contribution >= 4 is 27.3 Å². The van der Waals surface area contributed by atoms with E-state index in [0.717, 1.165) is 12.1 Å². The van der Waals surface area contributed by atoms with E-state index in [4.69, 9.17) is 15.1 Å². The molecule has 0 spiro atoms. The molecule has 1 amide bonds. The second-order valence-electron chi connectivity index (χ2n) is 8.46. The predicted molar refractivity (Wildman–Crippen MR) is 122 cm³/mol. The van der Waals surface area contributed by atoms with Gasteiger partial charge in [0.25, 0.3) is 0 Å². The molecule has 2 fully saturated rings. The summed E-state index contributed by atoms with van der Waals surface area (Å²) < 4.78 is 71.7. The van der Waals surface area contributed by atoms with E-state index < -0.39 is 43.4 Å². The molecule has 2 aromatic rings. The van der Waals surface area contributed by atoms with Gasteiger partial charge in [-0.2, -0.15) is 18.4 Å². The Hall–Kier alpha value is -2.69. The molecule has 1 aromatic carbocycles. The fourth-order valence-electron chi connectivity index (χ4n) is 3.79. The first-order valence-electron chi connectivity index (χ1n) is 10.6. The Bertz CT molecular complexity index is 1230. The lowest BCUT2D eigenvalue weighted by molar-refractivity contribution is -0.139. The van der Waals surface area contributed by atoms with Crippen molar-refractivity contribution in [2.45, 2.75) is 67.0 Å². The number of alkyl halides is 3. The standard InChI is InChI=1S/C17H18F3NO3S2.C5H6N2O2/c1-10-9-25-16(21-10)11-3-6-15(14(7-11)17(18,19)20)26(22,23)13-5-4-12(8-13)24-2;6-3-5(1-2-5)7-4(8)9/h3,6-7,9,12-13H,4-5,8H2,1-2H3;7H,1-2H2,(H,8,9)/t12-,13-;/m0./s1. The van der Waals surface area contributed by atoms with Crippen LogP contribution in [0.1, 0.15) is 43.4 Å². The molecule has 0 aliphatic heterocycles. The number of benzene rings is 1.